The number of ether oxygens (including phenoxy) is 1. The molecule has 0 spiro atoms. The molecule has 0 bridgehead atoms. The number of fused-ring (bicyclic) bond motifs is 1. The Labute approximate surface area is 122 Å². The number of hydrogen-bond donors (Lipinski definition) is 1. The summed E-state index contributed by atoms with van der Waals surface area (Å²) in [5.41, 5.74) is 3.06. The predicted octanol–water partition coefficient (Wildman–Crippen LogP) is 4.59. The number of benzene rings is 2. The summed E-state index contributed by atoms with van der Waals surface area (Å²) in [6.07, 6.45) is 0.783. The van der Waals surface area contributed by atoms with Gasteiger partial charge in [0, 0.05) is 5.56 Å². The topological polar surface area (TPSA) is 21.3 Å². The van der Waals surface area contributed by atoms with Gasteiger partial charge in [-0.2, -0.15) is 0 Å². The van der Waals surface area contributed by atoms with Crippen LogP contribution in [0.5, 0.6) is 5.75 Å². The van der Waals surface area contributed by atoms with E-state index in [-0.39, 0.29) is 11.9 Å². The first-order chi connectivity index (χ1) is 9.67. The molecule has 104 valence electrons. The lowest BCUT2D eigenvalue weighted by molar-refractivity contribution is 0.210. The third-order valence-corrected chi connectivity index (χ3v) is 3.84. The molecule has 0 fully saturated rings. The highest BCUT2D eigenvalue weighted by atomic mass is 35.5. The van der Waals surface area contributed by atoms with Crippen LogP contribution in [0.2, 0.25) is 5.02 Å². The van der Waals surface area contributed by atoms with Crippen LogP contribution in [-0.4, -0.2) is 6.54 Å². The maximum atomic E-state index is 13.1. The molecule has 0 radical (unpaired) electrons. The van der Waals surface area contributed by atoms with Gasteiger partial charge < -0.3 is 10.1 Å². The smallest absolute Gasteiger partial charge is 0.143 e. The molecule has 3 rings (SSSR count). The summed E-state index contributed by atoms with van der Waals surface area (Å²) in [7, 11) is 0. The van der Waals surface area contributed by atoms with Gasteiger partial charge in [0.25, 0.3) is 0 Å². The van der Waals surface area contributed by atoms with E-state index in [0.29, 0.717) is 11.6 Å². The zero-order valence-corrected chi connectivity index (χ0v) is 11.9. The van der Waals surface area contributed by atoms with Gasteiger partial charge in [-0.15, -0.1) is 0 Å². The highest BCUT2D eigenvalue weighted by Crippen LogP contribution is 2.36. The van der Waals surface area contributed by atoms with Crippen molar-refractivity contribution >= 4 is 17.3 Å². The van der Waals surface area contributed by atoms with Gasteiger partial charge in [-0.25, -0.2) is 4.39 Å². The van der Waals surface area contributed by atoms with E-state index in [1.165, 1.54) is 17.7 Å². The van der Waals surface area contributed by atoms with E-state index in [1.807, 2.05) is 6.07 Å². The molecule has 1 unspecified atom stereocenters. The van der Waals surface area contributed by atoms with Crippen molar-refractivity contribution in [2.75, 3.05) is 11.9 Å². The van der Waals surface area contributed by atoms with Gasteiger partial charge in [-0.3, -0.25) is 0 Å². The van der Waals surface area contributed by atoms with Gasteiger partial charge in [0.05, 0.1) is 17.3 Å². The maximum Gasteiger partial charge on any atom is 0.143 e. The van der Waals surface area contributed by atoms with Gasteiger partial charge in [-0.1, -0.05) is 30.7 Å². The second-order valence-electron chi connectivity index (χ2n) is 4.84. The Morgan fingerprint density at radius 1 is 1.30 bits per heavy atom. The predicted molar refractivity (Wildman–Crippen MR) is 79.1 cm³/mol. The molecule has 1 aliphatic rings. The van der Waals surface area contributed by atoms with Gasteiger partial charge in [0.1, 0.15) is 17.7 Å². The molecule has 1 heterocycles. The standard InChI is InChI=1S/C16H15ClFNO/c1-2-10-3-6-15-14(7-10)19-9-16(20-15)12-5-4-11(18)8-13(12)17/h3-8,16,19H,2,9H2,1H3. The molecule has 1 atom stereocenters. The highest BCUT2D eigenvalue weighted by Gasteiger charge is 2.23. The van der Waals surface area contributed by atoms with Crippen LogP contribution in [0.15, 0.2) is 36.4 Å². The fourth-order valence-corrected chi connectivity index (χ4v) is 2.66. The van der Waals surface area contributed by atoms with E-state index in [2.05, 4.69) is 24.4 Å². The molecule has 0 aliphatic carbocycles. The minimum absolute atomic E-state index is 0.205. The minimum Gasteiger partial charge on any atom is -0.482 e. The van der Waals surface area contributed by atoms with E-state index in [1.54, 1.807) is 6.07 Å². The minimum atomic E-state index is -0.337. The number of rotatable bonds is 2. The molecule has 0 aromatic heterocycles. The van der Waals surface area contributed by atoms with E-state index < -0.39 is 0 Å². The molecule has 0 amide bonds. The van der Waals surface area contributed by atoms with E-state index >= 15 is 0 Å². The summed E-state index contributed by atoms with van der Waals surface area (Å²) in [5, 5.41) is 3.74. The van der Waals surface area contributed by atoms with Crippen LogP contribution in [-0.2, 0) is 6.42 Å². The molecule has 2 aromatic carbocycles. The highest BCUT2D eigenvalue weighted by molar-refractivity contribution is 6.31. The largest absolute Gasteiger partial charge is 0.482 e. The van der Waals surface area contributed by atoms with Crippen LogP contribution in [0, 0.1) is 5.82 Å². The molecule has 1 aliphatic heterocycles. The van der Waals surface area contributed by atoms with Crippen LogP contribution in [0.4, 0.5) is 10.1 Å². The van der Waals surface area contributed by atoms with Crippen molar-refractivity contribution in [3.05, 3.63) is 58.4 Å². The van der Waals surface area contributed by atoms with Crippen molar-refractivity contribution < 1.29 is 9.13 Å². The van der Waals surface area contributed by atoms with Crippen molar-refractivity contribution in [2.45, 2.75) is 19.4 Å². The quantitative estimate of drug-likeness (QED) is 0.874. The lowest BCUT2D eigenvalue weighted by Crippen LogP contribution is -2.24. The molecule has 2 nitrogen and oxygen atoms in total. The summed E-state index contributed by atoms with van der Waals surface area (Å²) >= 11 is 6.09. The van der Waals surface area contributed by atoms with Crippen molar-refractivity contribution in [3.63, 3.8) is 0 Å². The second kappa shape index (κ2) is 5.33. The van der Waals surface area contributed by atoms with Crippen LogP contribution in [0.1, 0.15) is 24.2 Å². The molecular formula is C16H15ClFNO. The molecular weight excluding hydrogens is 277 g/mol. The Morgan fingerprint density at radius 2 is 2.15 bits per heavy atom. The summed E-state index contributed by atoms with van der Waals surface area (Å²) in [5.74, 6) is 0.467. The molecule has 2 aromatic rings. The molecule has 1 N–H and O–H groups in total. The molecule has 0 saturated carbocycles. The van der Waals surface area contributed by atoms with E-state index in [4.69, 9.17) is 16.3 Å². The van der Waals surface area contributed by atoms with E-state index in [0.717, 1.165) is 23.4 Å². The summed E-state index contributed by atoms with van der Waals surface area (Å²) in [6, 6.07) is 10.5. The van der Waals surface area contributed by atoms with Gasteiger partial charge in [0.2, 0.25) is 0 Å². The van der Waals surface area contributed by atoms with Crippen molar-refractivity contribution in [2.24, 2.45) is 0 Å². The average Bonchev–Trinajstić information content (AvgIpc) is 2.46. The fraction of sp³-hybridized carbons (Fsp3) is 0.250. The van der Waals surface area contributed by atoms with Crippen LogP contribution >= 0.6 is 11.6 Å². The van der Waals surface area contributed by atoms with Crippen molar-refractivity contribution in [3.8, 4) is 5.75 Å². The van der Waals surface area contributed by atoms with E-state index in [9.17, 15) is 4.39 Å². The van der Waals surface area contributed by atoms with Crippen molar-refractivity contribution in [1.29, 1.82) is 0 Å². The first-order valence-electron chi connectivity index (χ1n) is 6.65. The number of aryl methyl sites for hydroxylation is 1. The molecule has 0 saturated heterocycles. The fourth-order valence-electron chi connectivity index (χ4n) is 2.37. The van der Waals surface area contributed by atoms with Gasteiger partial charge in [0.15, 0.2) is 0 Å². The average molecular weight is 292 g/mol. The van der Waals surface area contributed by atoms with Crippen molar-refractivity contribution in [1.82, 2.24) is 0 Å². The summed E-state index contributed by atoms with van der Waals surface area (Å²) < 4.78 is 19.1. The normalized spacial score (nSPS) is 17.1. The first kappa shape index (κ1) is 13.3. The zero-order chi connectivity index (χ0) is 14.1. The number of hydrogen-bond acceptors (Lipinski definition) is 2. The monoisotopic (exact) mass is 291 g/mol. The third kappa shape index (κ3) is 2.46. The van der Waals surface area contributed by atoms with Gasteiger partial charge in [-0.05, 0) is 36.2 Å². The Balaban J connectivity index is 1.88. The third-order valence-electron chi connectivity index (χ3n) is 3.51. The molecule has 4 heteroatoms. The Bertz CT molecular complexity index is 644. The first-order valence-corrected chi connectivity index (χ1v) is 7.03. The Morgan fingerprint density at radius 3 is 2.90 bits per heavy atom. The number of halogens is 2. The van der Waals surface area contributed by atoms with Crippen LogP contribution < -0.4 is 10.1 Å². The van der Waals surface area contributed by atoms with Crippen LogP contribution in [0.25, 0.3) is 0 Å². The number of anilines is 1. The van der Waals surface area contributed by atoms with Gasteiger partial charge >= 0.3 is 0 Å². The maximum absolute atomic E-state index is 13.1. The Kier molecular flexibility index (Phi) is 3.53. The SMILES string of the molecule is CCc1ccc2c(c1)NCC(c1ccc(F)cc1Cl)O2. The summed E-state index contributed by atoms with van der Waals surface area (Å²) in [4.78, 5) is 0. The second-order valence-corrected chi connectivity index (χ2v) is 5.24. The zero-order valence-electron chi connectivity index (χ0n) is 11.1. The summed E-state index contributed by atoms with van der Waals surface area (Å²) in [6.45, 7) is 2.73. The molecule has 20 heavy (non-hydrogen) atoms. The number of nitrogens with one attached hydrogen (secondary N) is 1. The van der Waals surface area contributed by atoms with Crippen LogP contribution in [0.3, 0.4) is 0 Å². The Hall–Kier alpha value is -1.74. The lowest BCUT2D eigenvalue weighted by atomic mass is 10.1. The lowest BCUT2D eigenvalue weighted by Gasteiger charge is -2.28.